The second-order valence-electron chi connectivity index (χ2n) is 6.03. The Morgan fingerprint density at radius 2 is 2.16 bits per heavy atom. The minimum Gasteiger partial charge on any atom is -0.374 e. The monoisotopic (exact) mass is 337 g/mol. The summed E-state index contributed by atoms with van der Waals surface area (Å²) in [6.45, 7) is 6.32. The molecule has 5 heteroatoms. The lowest BCUT2D eigenvalue weighted by Crippen LogP contribution is -2.43. The number of hydrogen-bond donors (Lipinski definition) is 1. The number of nitrogens with zero attached hydrogens (tertiary/aromatic N) is 2. The maximum Gasteiger partial charge on any atom is 0.253 e. The fourth-order valence-electron chi connectivity index (χ4n) is 2.90. The number of benzene rings is 1. The van der Waals surface area contributed by atoms with Crippen molar-refractivity contribution in [3.8, 4) is 0 Å². The maximum absolute atomic E-state index is 11.9. The van der Waals surface area contributed by atoms with Crippen molar-refractivity contribution < 1.29 is 9.53 Å². The minimum atomic E-state index is -0.136. The lowest BCUT2D eigenvalue weighted by molar-refractivity contribution is 0.0408. The van der Waals surface area contributed by atoms with Crippen LogP contribution >= 0.6 is 0 Å². The van der Waals surface area contributed by atoms with Gasteiger partial charge >= 0.3 is 0 Å². The highest BCUT2D eigenvalue weighted by Gasteiger charge is 2.22. The summed E-state index contributed by atoms with van der Waals surface area (Å²) in [6, 6.07) is 14.1. The van der Waals surface area contributed by atoms with Crippen molar-refractivity contribution in [3.63, 3.8) is 0 Å². The van der Waals surface area contributed by atoms with E-state index in [1.165, 1.54) is 5.56 Å². The number of carbonyl (C=O) groups is 1. The third-order valence-electron chi connectivity index (χ3n) is 4.19. The Kier molecular flexibility index (Phi) is 5.80. The second kappa shape index (κ2) is 8.44. The molecule has 1 aromatic carbocycles. The smallest absolute Gasteiger partial charge is 0.253 e. The molecule has 0 radical (unpaired) electrons. The Hall–Kier alpha value is -2.66. The first-order valence-corrected chi connectivity index (χ1v) is 8.52. The second-order valence-corrected chi connectivity index (χ2v) is 6.03. The first kappa shape index (κ1) is 17.2. The average molecular weight is 337 g/mol. The lowest BCUT2D eigenvalue weighted by atomic mass is 10.1. The Labute approximate surface area is 148 Å². The first-order valence-electron chi connectivity index (χ1n) is 8.52. The zero-order valence-electron chi connectivity index (χ0n) is 14.2. The van der Waals surface area contributed by atoms with Gasteiger partial charge in [0.05, 0.1) is 18.3 Å². The first-order chi connectivity index (χ1) is 12.3. The molecule has 2 aromatic rings. The molecule has 0 aliphatic carbocycles. The van der Waals surface area contributed by atoms with E-state index in [0.29, 0.717) is 18.7 Å². The predicted octanol–water partition coefficient (Wildman–Crippen LogP) is 2.45. The number of nitrogens with one attached hydrogen (secondary N) is 1. The summed E-state index contributed by atoms with van der Waals surface area (Å²) in [5.41, 5.74) is 1.83. The van der Waals surface area contributed by atoms with Gasteiger partial charge in [0.2, 0.25) is 0 Å². The van der Waals surface area contributed by atoms with Crippen LogP contribution in [-0.2, 0) is 11.2 Å². The Balaban J connectivity index is 1.61. The molecule has 3 rings (SSSR count). The summed E-state index contributed by atoms with van der Waals surface area (Å²) in [4.78, 5) is 18.6. The van der Waals surface area contributed by atoms with E-state index in [1.54, 1.807) is 12.3 Å². The molecular formula is C20H23N3O2. The quantitative estimate of drug-likeness (QED) is 0.823. The summed E-state index contributed by atoms with van der Waals surface area (Å²) in [7, 11) is 0. The van der Waals surface area contributed by atoms with E-state index < -0.39 is 0 Å². The number of morpholine rings is 1. The molecule has 25 heavy (non-hydrogen) atoms. The molecular weight excluding hydrogens is 314 g/mol. The maximum atomic E-state index is 11.9. The topological polar surface area (TPSA) is 54.5 Å². The molecule has 1 aliphatic heterocycles. The Morgan fingerprint density at radius 3 is 2.88 bits per heavy atom. The third kappa shape index (κ3) is 4.67. The predicted molar refractivity (Wildman–Crippen MR) is 98.9 cm³/mol. The van der Waals surface area contributed by atoms with E-state index in [1.807, 2.05) is 30.3 Å². The van der Waals surface area contributed by atoms with Gasteiger partial charge in [0.25, 0.3) is 5.91 Å². The van der Waals surface area contributed by atoms with Crippen molar-refractivity contribution >= 4 is 11.7 Å². The van der Waals surface area contributed by atoms with Crippen LogP contribution in [0, 0.1) is 0 Å². The third-order valence-corrected chi connectivity index (χ3v) is 4.19. The van der Waals surface area contributed by atoms with Gasteiger partial charge in [-0.2, -0.15) is 0 Å². The molecule has 1 amide bonds. The number of carbonyl (C=O) groups excluding carboxylic acids is 1. The molecule has 5 nitrogen and oxygen atoms in total. The number of ether oxygens (including phenoxy) is 1. The molecule has 2 heterocycles. The molecule has 0 spiro atoms. The molecule has 0 saturated carbocycles. The van der Waals surface area contributed by atoms with Gasteiger partial charge in [-0.15, -0.1) is 6.58 Å². The van der Waals surface area contributed by atoms with E-state index in [0.717, 1.165) is 25.3 Å². The van der Waals surface area contributed by atoms with E-state index in [4.69, 9.17) is 4.74 Å². The Morgan fingerprint density at radius 1 is 1.32 bits per heavy atom. The van der Waals surface area contributed by atoms with Gasteiger partial charge in [-0.3, -0.25) is 4.79 Å². The summed E-state index contributed by atoms with van der Waals surface area (Å²) in [6.07, 6.45) is 4.31. The Bertz CT molecular complexity index is 701. The van der Waals surface area contributed by atoms with Crippen LogP contribution in [0.25, 0.3) is 0 Å². The van der Waals surface area contributed by atoms with Gasteiger partial charge < -0.3 is 15.0 Å². The van der Waals surface area contributed by atoms with Gasteiger partial charge in [0, 0.05) is 32.3 Å². The van der Waals surface area contributed by atoms with Gasteiger partial charge in [0.1, 0.15) is 5.82 Å². The zero-order valence-corrected chi connectivity index (χ0v) is 14.2. The molecule has 1 aromatic heterocycles. The van der Waals surface area contributed by atoms with Gasteiger partial charge in [-0.1, -0.05) is 36.4 Å². The van der Waals surface area contributed by atoms with Crippen molar-refractivity contribution in [2.24, 2.45) is 0 Å². The summed E-state index contributed by atoms with van der Waals surface area (Å²) >= 11 is 0. The van der Waals surface area contributed by atoms with E-state index in [2.05, 4.69) is 33.9 Å². The van der Waals surface area contributed by atoms with Gasteiger partial charge in [-0.25, -0.2) is 4.98 Å². The van der Waals surface area contributed by atoms with E-state index in [9.17, 15) is 4.79 Å². The van der Waals surface area contributed by atoms with Gasteiger partial charge in [0.15, 0.2) is 0 Å². The molecule has 1 aliphatic rings. The normalized spacial score (nSPS) is 17.1. The van der Waals surface area contributed by atoms with Crippen LogP contribution in [0.4, 0.5) is 5.82 Å². The van der Waals surface area contributed by atoms with Crippen molar-refractivity contribution in [3.05, 3.63) is 72.4 Å². The van der Waals surface area contributed by atoms with Crippen molar-refractivity contribution in [2.45, 2.75) is 12.5 Å². The van der Waals surface area contributed by atoms with Crippen LogP contribution in [0.1, 0.15) is 15.9 Å². The largest absolute Gasteiger partial charge is 0.374 e. The summed E-state index contributed by atoms with van der Waals surface area (Å²) < 4.78 is 5.90. The van der Waals surface area contributed by atoms with Crippen LogP contribution in [-0.4, -0.2) is 43.2 Å². The summed E-state index contributed by atoms with van der Waals surface area (Å²) in [5, 5.41) is 2.75. The number of amides is 1. The number of pyridine rings is 1. The van der Waals surface area contributed by atoms with E-state index in [-0.39, 0.29) is 12.0 Å². The van der Waals surface area contributed by atoms with Gasteiger partial charge in [-0.05, 0) is 17.7 Å². The summed E-state index contributed by atoms with van der Waals surface area (Å²) in [5.74, 6) is 0.740. The SMILES string of the molecule is C=CCNC(=O)c1ccc(N2CCOC(Cc3ccccc3)C2)nc1. The van der Waals surface area contributed by atoms with Crippen LogP contribution in [0.2, 0.25) is 0 Å². The number of aromatic nitrogens is 1. The van der Waals surface area contributed by atoms with Crippen LogP contribution < -0.4 is 10.2 Å². The highest BCUT2D eigenvalue weighted by Crippen LogP contribution is 2.18. The zero-order chi connectivity index (χ0) is 17.5. The lowest BCUT2D eigenvalue weighted by Gasteiger charge is -2.34. The molecule has 1 fully saturated rings. The van der Waals surface area contributed by atoms with Crippen molar-refractivity contribution in [1.82, 2.24) is 10.3 Å². The van der Waals surface area contributed by atoms with Crippen LogP contribution in [0.5, 0.6) is 0 Å². The highest BCUT2D eigenvalue weighted by atomic mass is 16.5. The molecule has 1 N–H and O–H groups in total. The fraction of sp³-hybridized carbons (Fsp3) is 0.300. The average Bonchev–Trinajstić information content (AvgIpc) is 2.67. The number of rotatable bonds is 6. The number of anilines is 1. The molecule has 0 bridgehead atoms. The van der Waals surface area contributed by atoms with Crippen LogP contribution in [0.15, 0.2) is 61.3 Å². The van der Waals surface area contributed by atoms with E-state index >= 15 is 0 Å². The van der Waals surface area contributed by atoms with Crippen LogP contribution in [0.3, 0.4) is 0 Å². The fourth-order valence-corrected chi connectivity index (χ4v) is 2.90. The molecule has 130 valence electrons. The highest BCUT2D eigenvalue weighted by molar-refractivity contribution is 5.94. The standard InChI is InChI=1S/C20H23N3O2/c1-2-10-21-20(24)17-8-9-19(22-14-17)23-11-12-25-18(15-23)13-16-6-4-3-5-7-16/h2-9,14,18H,1,10-13,15H2,(H,21,24). The molecule has 1 atom stereocenters. The van der Waals surface area contributed by atoms with Crippen molar-refractivity contribution in [1.29, 1.82) is 0 Å². The molecule has 1 unspecified atom stereocenters. The minimum absolute atomic E-state index is 0.136. The van der Waals surface area contributed by atoms with Crippen molar-refractivity contribution in [2.75, 3.05) is 31.1 Å². The molecule has 1 saturated heterocycles. The number of hydrogen-bond acceptors (Lipinski definition) is 4.